The van der Waals surface area contributed by atoms with Gasteiger partial charge in [0.15, 0.2) is 11.5 Å². The van der Waals surface area contributed by atoms with Crippen LogP contribution in [0.5, 0.6) is 11.5 Å². The van der Waals surface area contributed by atoms with Crippen LogP contribution in [-0.2, 0) is 9.59 Å². The number of amides is 1. The van der Waals surface area contributed by atoms with Gasteiger partial charge in [-0.05, 0) is 43.2 Å². The normalized spacial score (nSPS) is 17.1. The number of carbonyl (C=O) groups is 2. The van der Waals surface area contributed by atoms with Crippen molar-refractivity contribution in [3.05, 3.63) is 86.7 Å². The van der Waals surface area contributed by atoms with Crippen LogP contribution in [0.25, 0.3) is 5.76 Å². The number of nitrogens with zero attached hydrogens (tertiary/aromatic N) is 2. The summed E-state index contributed by atoms with van der Waals surface area (Å²) in [4.78, 5) is 32.3. The molecule has 0 saturated carbocycles. The summed E-state index contributed by atoms with van der Waals surface area (Å²) in [5, 5.41) is 11.6. The number of ether oxygens (including phenoxy) is 2. The number of pyridine rings is 1. The van der Waals surface area contributed by atoms with Gasteiger partial charge in [-0.2, -0.15) is 0 Å². The minimum absolute atomic E-state index is 0.0191. The molecule has 9 heteroatoms. The largest absolute Gasteiger partial charge is 0.507 e. The van der Waals surface area contributed by atoms with Crippen LogP contribution in [-0.4, -0.2) is 36.0 Å². The second-order valence-electron chi connectivity index (χ2n) is 8.03. The molecule has 0 bridgehead atoms. The third-order valence-electron chi connectivity index (χ3n) is 5.85. The lowest BCUT2D eigenvalue weighted by Gasteiger charge is -2.27. The van der Waals surface area contributed by atoms with Gasteiger partial charge in [-0.1, -0.05) is 47.0 Å². The molecule has 1 N–H and O–H groups in total. The summed E-state index contributed by atoms with van der Waals surface area (Å²) in [6.45, 7) is 3.79. The molecule has 180 valence electrons. The van der Waals surface area contributed by atoms with Crippen LogP contribution >= 0.6 is 23.2 Å². The molecular weight excluding hydrogens is 491 g/mol. The molecule has 4 rings (SSSR count). The van der Waals surface area contributed by atoms with Crippen LogP contribution in [0.4, 0.5) is 5.69 Å². The van der Waals surface area contributed by atoms with E-state index in [-0.39, 0.29) is 32.7 Å². The van der Waals surface area contributed by atoms with Gasteiger partial charge in [0.1, 0.15) is 10.8 Å². The minimum atomic E-state index is -0.950. The highest BCUT2D eigenvalue weighted by Crippen LogP contribution is 2.48. The van der Waals surface area contributed by atoms with Crippen LogP contribution < -0.4 is 14.4 Å². The second-order valence-corrected chi connectivity index (χ2v) is 8.82. The maximum Gasteiger partial charge on any atom is 0.300 e. The molecule has 0 spiro atoms. The van der Waals surface area contributed by atoms with Gasteiger partial charge in [0.05, 0.1) is 36.4 Å². The zero-order valence-corrected chi connectivity index (χ0v) is 20.9. The van der Waals surface area contributed by atoms with Crippen LogP contribution in [0.15, 0.2) is 54.4 Å². The van der Waals surface area contributed by atoms with Crippen molar-refractivity contribution in [2.24, 2.45) is 0 Å². The van der Waals surface area contributed by atoms with Gasteiger partial charge in [0, 0.05) is 18.1 Å². The van der Waals surface area contributed by atoms with E-state index in [0.29, 0.717) is 11.3 Å². The van der Waals surface area contributed by atoms with Crippen molar-refractivity contribution in [3.8, 4) is 11.5 Å². The van der Waals surface area contributed by atoms with E-state index < -0.39 is 23.5 Å². The molecule has 1 fully saturated rings. The van der Waals surface area contributed by atoms with Crippen molar-refractivity contribution in [3.63, 3.8) is 0 Å². The zero-order valence-electron chi connectivity index (χ0n) is 19.4. The second kappa shape index (κ2) is 9.60. The molecule has 7 nitrogen and oxygen atoms in total. The van der Waals surface area contributed by atoms with Crippen molar-refractivity contribution in [2.45, 2.75) is 19.9 Å². The molecule has 0 radical (unpaired) electrons. The van der Waals surface area contributed by atoms with Gasteiger partial charge in [0.2, 0.25) is 0 Å². The van der Waals surface area contributed by atoms with Crippen molar-refractivity contribution < 1.29 is 24.2 Å². The standard InChI is InChI=1S/C26H22Cl2N2O5/c1-13-7-8-18(14(2)10-13)30-21(15-6-5-9-29-12-15)19(23(32)26(30)33)22(31)16-11-17(27)25(35-4)20(28)24(16)34-3/h5-12,21,31H,1-4H3/b22-19+. The summed E-state index contributed by atoms with van der Waals surface area (Å²) in [6.07, 6.45) is 3.13. The molecule has 1 aliphatic heterocycles. The quantitative estimate of drug-likeness (QED) is 0.270. The molecule has 0 aliphatic carbocycles. The fraction of sp³-hybridized carbons (Fsp3) is 0.192. The Morgan fingerprint density at radius 2 is 1.77 bits per heavy atom. The highest BCUT2D eigenvalue weighted by Gasteiger charge is 2.47. The first-order valence-corrected chi connectivity index (χ1v) is 11.3. The topological polar surface area (TPSA) is 89.0 Å². The Bertz CT molecular complexity index is 1370. The Morgan fingerprint density at radius 3 is 2.37 bits per heavy atom. The molecule has 35 heavy (non-hydrogen) atoms. The van der Waals surface area contributed by atoms with Gasteiger partial charge >= 0.3 is 0 Å². The number of Topliss-reactive ketones (excluding diaryl/α,β-unsaturated/α-hetero) is 1. The van der Waals surface area contributed by atoms with E-state index in [1.165, 1.54) is 25.2 Å². The van der Waals surface area contributed by atoms with Gasteiger partial charge in [-0.3, -0.25) is 19.5 Å². The summed E-state index contributed by atoms with van der Waals surface area (Å²) in [7, 11) is 2.75. The highest BCUT2D eigenvalue weighted by molar-refractivity contribution is 6.52. The van der Waals surface area contributed by atoms with Crippen LogP contribution in [0.1, 0.15) is 28.3 Å². The van der Waals surface area contributed by atoms with E-state index in [4.69, 9.17) is 32.7 Å². The molecule has 1 saturated heterocycles. The van der Waals surface area contributed by atoms with Crippen molar-refractivity contribution in [1.82, 2.24) is 4.98 Å². The average molecular weight is 513 g/mol. The van der Waals surface area contributed by atoms with E-state index in [9.17, 15) is 14.7 Å². The molecule has 1 atom stereocenters. The zero-order chi connectivity index (χ0) is 25.4. The number of ketones is 1. The molecule has 1 aliphatic rings. The smallest absolute Gasteiger partial charge is 0.300 e. The molecule has 3 aromatic rings. The Morgan fingerprint density at radius 1 is 1.06 bits per heavy atom. The van der Waals surface area contributed by atoms with E-state index in [2.05, 4.69) is 4.98 Å². The van der Waals surface area contributed by atoms with Gasteiger partial charge < -0.3 is 14.6 Å². The van der Waals surface area contributed by atoms with E-state index in [1.54, 1.807) is 30.6 Å². The summed E-state index contributed by atoms with van der Waals surface area (Å²) in [6, 6.07) is 9.41. The number of aryl methyl sites for hydroxylation is 2. The Labute approximate surface area is 212 Å². The number of halogens is 2. The summed E-state index contributed by atoms with van der Waals surface area (Å²) in [5.74, 6) is -1.92. The summed E-state index contributed by atoms with van der Waals surface area (Å²) in [5.41, 5.74) is 2.80. The molecule has 1 aromatic heterocycles. The summed E-state index contributed by atoms with van der Waals surface area (Å²) >= 11 is 12.7. The first-order valence-electron chi connectivity index (χ1n) is 10.6. The lowest BCUT2D eigenvalue weighted by molar-refractivity contribution is -0.132. The molecule has 2 heterocycles. The highest BCUT2D eigenvalue weighted by atomic mass is 35.5. The Kier molecular flexibility index (Phi) is 6.74. The molecule has 2 aromatic carbocycles. The fourth-order valence-electron chi connectivity index (χ4n) is 4.30. The van der Waals surface area contributed by atoms with Gasteiger partial charge in [-0.25, -0.2) is 0 Å². The number of rotatable bonds is 5. The molecule has 1 unspecified atom stereocenters. The number of methoxy groups -OCH3 is 2. The predicted molar refractivity (Wildman–Crippen MR) is 135 cm³/mol. The first-order chi connectivity index (χ1) is 16.7. The van der Waals surface area contributed by atoms with Crippen molar-refractivity contribution >= 4 is 46.3 Å². The van der Waals surface area contributed by atoms with Crippen molar-refractivity contribution in [1.29, 1.82) is 0 Å². The number of hydrogen-bond acceptors (Lipinski definition) is 6. The average Bonchev–Trinajstić information content (AvgIpc) is 3.09. The maximum atomic E-state index is 13.4. The Hall–Kier alpha value is -3.55. The lowest BCUT2D eigenvalue weighted by atomic mass is 9.95. The van der Waals surface area contributed by atoms with E-state index in [0.717, 1.165) is 11.1 Å². The number of aromatic nitrogens is 1. The third kappa shape index (κ3) is 4.11. The third-order valence-corrected chi connectivity index (χ3v) is 6.48. The first kappa shape index (κ1) is 24.6. The van der Waals surface area contributed by atoms with E-state index >= 15 is 0 Å². The molecular formula is C26H22Cl2N2O5. The van der Waals surface area contributed by atoms with Crippen molar-refractivity contribution in [2.75, 3.05) is 19.1 Å². The Balaban J connectivity index is 2.02. The number of aliphatic hydroxyl groups excluding tert-OH is 1. The predicted octanol–water partition coefficient (Wildman–Crippen LogP) is 5.65. The fourth-order valence-corrected chi connectivity index (χ4v) is 4.99. The van der Waals surface area contributed by atoms with Gasteiger partial charge in [0.25, 0.3) is 11.7 Å². The van der Waals surface area contributed by atoms with Crippen LogP contribution in [0.3, 0.4) is 0 Å². The van der Waals surface area contributed by atoms with E-state index in [1.807, 2.05) is 26.0 Å². The number of carbonyl (C=O) groups excluding carboxylic acids is 2. The lowest BCUT2D eigenvalue weighted by Crippen LogP contribution is -2.30. The number of aliphatic hydroxyl groups is 1. The van der Waals surface area contributed by atoms with Crippen LogP contribution in [0, 0.1) is 13.8 Å². The van der Waals surface area contributed by atoms with Crippen LogP contribution in [0.2, 0.25) is 10.0 Å². The SMILES string of the molecule is COc1c(Cl)cc(/C(O)=C2\C(=O)C(=O)N(c3ccc(C)cc3C)C2c2cccnc2)c(OC)c1Cl. The maximum absolute atomic E-state index is 13.4. The number of anilines is 1. The summed E-state index contributed by atoms with van der Waals surface area (Å²) < 4.78 is 10.6. The van der Waals surface area contributed by atoms with Gasteiger partial charge in [-0.15, -0.1) is 0 Å². The monoisotopic (exact) mass is 512 g/mol. The number of benzene rings is 2. The number of hydrogen-bond donors (Lipinski definition) is 1. The molecule has 1 amide bonds. The minimum Gasteiger partial charge on any atom is -0.507 e.